The molecule has 1 saturated carbocycles. The standard InChI is InChI=1S/C17H26N2/c1-18-16(12-13-6-2-3-7-13)15-10-4-8-14-9-5-11-19-17(14)15/h5,9,11,13,15-16,18H,2-4,6-8,10,12H2,1H3. The van der Waals surface area contributed by atoms with Crippen LogP contribution in [0, 0.1) is 5.92 Å². The molecule has 1 fully saturated rings. The van der Waals surface area contributed by atoms with Gasteiger partial charge >= 0.3 is 0 Å². The highest BCUT2D eigenvalue weighted by molar-refractivity contribution is 5.27. The number of hydrogen-bond donors (Lipinski definition) is 1. The average molecular weight is 258 g/mol. The zero-order valence-electron chi connectivity index (χ0n) is 12.1. The molecule has 0 radical (unpaired) electrons. The number of likely N-dealkylation sites (N-methyl/N-ethyl adjacent to an activating group) is 1. The minimum Gasteiger partial charge on any atom is -0.316 e. The number of nitrogens with zero attached hydrogens (tertiary/aromatic N) is 1. The van der Waals surface area contributed by atoms with Crippen molar-refractivity contribution < 1.29 is 0 Å². The van der Waals surface area contributed by atoms with E-state index in [0.29, 0.717) is 12.0 Å². The fourth-order valence-corrected chi connectivity index (χ4v) is 4.13. The first-order chi connectivity index (χ1) is 9.38. The van der Waals surface area contributed by atoms with Crippen LogP contribution in [0.15, 0.2) is 18.3 Å². The Kier molecular flexibility index (Phi) is 4.17. The summed E-state index contributed by atoms with van der Waals surface area (Å²) < 4.78 is 0. The molecular weight excluding hydrogens is 232 g/mol. The van der Waals surface area contributed by atoms with E-state index in [1.165, 1.54) is 62.6 Å². The highest BCUT2D eigenvalue weighted by atomic mass is 14.9. The summed E-state index contributed by atoms with van der Waals surface area (Å²) in [7, 11) is 2.14. The largest absolute Gasteiger partial charge is 0.316 e. The van der Waals surface area contributed by atoms with Crippen molar-refractivity contribution in [1.29, 1.82) is 0 Å². The SMILES string of the molecule is CNC(CC1CCCC1)C1CCCc2cccnc21. The Morgan fingerprint density at radius 3 is 2.89 bits per heavy atom. The van der Waals surface area contributed by atoms with Crippen molar-refractivity contribution in [1.82, 2.24) is 10.3 Å². The maximum atomic E-state index is 4.70. The van der Waals surface area contributed by atoms with Crippen molar-refractivity contribution in [3.05, 3.63) is 29.6 Å². The van der Waals surface area contributed by atoms with Crippen LogP contribution in [0.3, 0.4) is 0 Å². The second kappa shape index (κ2) is 6.04. The van der Waals surface area contributed by atoms with Gasteiger partial charge in [0.2, 0.25) is 0 Å². The molecular formula is C17H26N2. The van der Waals surface area contributed by atoms with Gasteiger partial charge < -0.3 is 5.32 Å². The van der Waals surface area contributed by atoms with Gasteiger partial charge in [0.15, 0.2) is 0 Å². The van der Waals surface area contributed by atoms with Gasteiger partial charge in [0, 0.05) is 23.9 Å². The fourth-order valence-electron chi connectivity index (χ4n) is 4.13. The molecule has 2 unspecified atom stereocenters. The molecule has 0 bridgehead atoms. The van der Waals surface area contributed by atoms with E-state index in [2.05, 4.69) is 24.5 Å². The van der Waals surface area contributed by atoms with Crippen LogP contribution in [0.5, 0.6) is 0 Å². The van der Waals surface area contributed by atoms with E-state index in [1.54, 1.807) is 0 Å². The van der Waals surface area contributed by atoms with Crippen LogP contribution in [0.4, 0.5) is 0 Å². The Balaban J connectivity index is 1.76. The first kappa shape index (κ1) is 13.1. The minimum atomic E-state index is 0.622. The molecule has 2 atom stereocenters. The van der Waals surface area contributed by atoms with Crippen LogP contribution in [-0.4, -0.2) is 18.1 Å². The van der Waals surface area contributed by atoms with E-state index in [9.17, 15) is 0 Å². The zero-order valence-corrected chi connectivity index (χ0v) is 12.1. The number of aromatic nitrogens is 1. The molecule has 1 N–H and O–H groups in total. The summed E-state index contributed by atoms with van der Waals surface area (Å²) in [6.07, 6.45) is 13.0. The molecule has 19 heavy (non-hydrogen) atoms. The van der Waals surface area contributed by atoms with E-state index in [1.807, 2.05) is 6.20 Å². The van der Waals surface area contributed by atoms with Crippen molar-refractivity contribution >= 4 is 0 Å². The second-order valence-electron chi connectivity index (χ2n) is 6.33. The van der Waals surface area contributed by atoms with Crippen LogP contribution in [0.1, 0.15) is 62.1 Å². The molecule has 2 nitrogen and oxygen atoms in total. The van der Waals surface area contributed by atoms with E-state index in [-0.39, 0.29) is 0 Å². The summed E-state index contributed by atoms with van der Waals surface area (Å²) in [6.45, 7) is 0. The molecule has 2 aliphatic carbocycles. The maximum Gasteiger partial charge on any atom is 0.0481 e. The van der Waals surface area contributed by atoms with Crippen LogP contribution in [-0.2, 0) is 6.42 Å². The lowest BCUT2D eigenvalue weighted by atomic mass is 9.79. The van der Waals surface area contributed by atoms with Gasteiger partial charge in [-0.05, 0) is 50.3 Å². The van der Waals surface area contributed by atoms with E-state index in [4.69, 9.17) is 4.98 Å². The Hall–Kier alpha value is -0.890. The number of hydrogen-bond acceptors (Lipinski definition) is 2. The number of pyridine rings is 1. The monoisotopic (exact) mass is 258 g/mol. The third kappa shape index (κ3) is 2.84. The van der Waals surface area contributed by atoms with Crippen LogP contribution in [0.2, 0.25) is 0 Å². The molecule has 2 heteroatoms. The number of rotatable bonds is 4. The van der Waals surface area contributed by atoms with Crippen LogP contribution < -0.4 is 5.32 Å². The highest BCUT2D eigenvalue weighted by Gasteiger charge is 2.30. The lowest BCUT2D eigenvalue weighted by Gasteiger charge is -2.32. The Morgan fingerprint density at radius 2 is 2.11 bits per heavy atom. The Labute approximate surface area is 117 Å². The van der Waals surface area contributed by atoms with Gasteiger partial charge in [-0.15, -0.1) is 0 Å². The van der Waals surface area contributed by atoms with Gasteiger partial charge in [-0.1, -0.05) is 31.7 Å². The van der Waals surface area contributed by atoms with Crippen molar-refractivity contribution in [2.75, 3.05) is 7.05 Å². The number of aryl methyl sites for hydroxylation is 1. The molecule has 0 amide bonds. The van der Waals surface area contributed by atoms with Gasteiger partial charge in [-0.3, -0.25) is 4.98 Å². The van der Waals surface area contributed by atoms with E-state index in [0.717, 1.165) is 5.92 Å². The Morgan fingerprint density at radius 1 is 1.26 bits per heavy atom. The van der Waals surface area contributed by atoms with Gasteiger partial charge in [-0.2, -0.15) is 0 Å². The third-order valence-electron chi connectivity index (χ3n) is 5.16. The lowest BCUT2D eigenvalue weighted by molar-refractivity contribution is 0.332. The van der Waals surface area contributed by atoms with Gasteiger partial charge in [-0.25, -0.2) is 0 Å². The lowest BCUT2D eigenvalue weighted by Crippen LogP contribution is -2.36. The summed E-state index contributed by atoms with van der Waals surface area (Å²) in [5.74, 6) is 1.59. The van der Waals surface area contributed by atoms with Crippen molar-refractivity contribution in [3.8, 4) is 0 Å². The van der Waals surface area contributed by atoms with Crippen LogP contribution in [0.25, 0.3) is 0 Å². The first-order valence-corrected chi connectivity index (χ1v) is 7.99. The smallest absolute Gasteiger partial charge is 0.0481 e. The maximum absolute atomic E-state index is 4.70. The molecule has 1 aromatic heterocycles. The van der Waals surface area contributed by atoms with Gasteiger partial charge in [0.1, 0.15) is 0 Å². The predicted molar refractivity (Wildman–Crippen MR) is 79.3 cm³/mol. The highest BCUT2D eigenvalue weighted by Crippen LogP contribution is 2.37. The van der Waals surface area contributed by atoms with Gasteiger partial charge in [0.25, 0.3) is 0 Å². The fraction of sp³-hybridized carbons (Fsp3) is 0.706. The van der Waals surface area contributed by atoms with Crippen molar-refractivity contribution in [3.63, 3.8) is 0 Å². The quantitative estimate of drug-likeness (QED) is 0.891. The second-order valence-corrected chi connectivity index (χ2v) is 6.33. The molecule has 0 aliphatic heterocycles. The number of nitrogens with one attached hydrogen (secondary N) is 1. The van der Waals surface area contributed by atoms with Crippen molar-refractivity contribution in [2.24, 2.45) is 5.92 Å². The summed E-state index contributed by atoms with van der Waals surface area (Å²) >= 11 is 0. The summed E-state index contributed by atoms with van der Waals surface area (Å²) in [5, 5.41) is 3.60. The molecule has 0 saturated heterocycles. The van der Waals surface area contributed by atoms with Crippen LogP contribution >= 0.6 is 0 Å². The summed E-state index contributed by atoms with van der Waals surface area (Å²) in [5.41, 5.74) is 2.87. The average Bonchev–Trinajstić information content (AvgIpc) is 2.97. The van der Waals surface area contributed by atoms with E-state index < -0.39 is 0 Å². The predicted octanol–water partition coefficient (Wildman–Crippen LogP) is 3.67. The molecule has 0 spiro atoms. The normalized spacial score (nSPS) is 25.2. The minimum absolute atomic E-state index is 0.622. The summed E-state index contributed by atoms with van der Waals surface area (Å²) in [4.78, 5) is 4.70. The summed E-state index contributed by atoms with van der Waals surface area (Å²) in [6, 6.07) is 4.99. The molecule has 104 valence electrons. The van der Waals surface area contributed by atoms with Crippen molar-refractivity contribution in [2.45, 2.75) is 63.3 Å². The van der Waals surface area contributed by atoms with E-state index >= 15 is 0 Å². The molecule has 1 heterocycles. The topological polar surface area (TPSA) is 24.9 Å². The molecule has 1 aromatic rings. The molecule has 2 aliphatic rings. The number of fused-ring (bicyclic) bond motifs is 1. The van der Waals surface area contributed by atoms with Gasteiger partial charge in [0.05, 0.1) is 0 Å². The third-order valence-corrected chi connectivity index (χ3v) is 5.16. The Bertz CT molecular complexity index is 409. The first-order valence-electron chi connectivity index (χ1n) is 7.99. The zero-order chi connectivity index (χ0) is 13.1. The molecule has 3 rings (SSSR count). The molecule has 0 aromatic carbocycles.